The zero-order chi connectivity index (χ0) is 13.8. The summed E-state index contributed by atoms with van der Waals surface area (Å²) in [6, 6.07) is 8.57. The molecular formula is C20H22. The standard InChI is InChI=1S/C20H22/c1-16-8-2-3-9-17(16)14-15-19-12-5-4-10-18-11-6-7-13-20(18)19/h2-3,7-9,12-15H,4-6,10-11H2,1H3/b15-14+. The molecule has 3 rings (SSSR count). The monoisotopic (exact) mass is 262 g/mol. The summed E-state index contributed by atoms with van der Waals surface area (Å²) in [5.41, 5.74) is 7.21. The van der Waals surface area contributed by atoms with Crippen molar-refractivity contribution in [1.82, 2.24) is 0 Å². The molecule has 0 heterocycles. The van der Waals surface area contributed by atoms with Crippen LogP contribution in [0.1, 0.15) is 43.2 Å². The van der Waals surface area contributed by atoms with Crippen molar-refractivity contribution in [3.8, 4) is 0 Å². The lowest BCUT2D eigenvalue weighted by atomic mass is 9.91. The number of hydrogen-bond donors (Lipinski definition) is 0. The van der Waals surface area contributed by atoms with Crippen molar-refractivity contribution in [2.75, 3.05) is 0 Å². The first-order valence-electron chi connectivity index (χ1n) is 7.67. The fourth-order valence-electron chi connectivity index (χ4n) is 3.07. The van der Waals surface area contributed by atoms with Crippen molar-refractivity contribution in [2.24, 2.45) is 0 Å². The molecule has 0 atom stereocenters. The van der Waals surface area contributed by atoms with Crippen molar-refractivity contribution in [1.29, 1.82) is 0 Å². The van der Waals surface area contributed by atoms with Crippen molar-refractivity contribution in [2.45, 2.75) is 39.0 Å². The van der Waals surface area contributed by atoms with Crippen LogP contribution in [-0.2, 0) is 0 Å². The molecule has 20 heavy (non-hydrogen) atoms. The van der Waals surface area contributed by atoms with Crippen LogP contribution in [0.5, 0.6) is 0 Å². The highest BCUT2D eigenvalue weighted by molar-refractivity contribution is 5.62. The SMILES string of the molecule is Cc1ccccc1/C=C/C1=CCCCC2=C1C=CCC2. The molecule has 0 fully saturated rings. The summed E-state index contributed by atoms with van der Waals surface area (Å²) >= 11 is 0. The maximum absolute atomic E-state index is 2.41. The Hall–Kier alpha value is -1.82. The lowest BCUT2D eigenvalue weighted by molar-refractivity contribution is 0.784. The molecule has 1 aromatic carbocycles. The average Bonchev–Trinajstić information content (AvgIpc) is 2.69. The topological polar surface area (TPSA) is 0 Å². The molecule has 0 bridgehead atoms. The molecule has 0 N–H and O–H groups in total. The van der Waals surface area contributed by atoms with Crippen molar-refractivity contribution < 1.29 is 0 Å². The van der Waals surface area contributed by atoms with E-state index in [-0.39, 0.29) is 0 Å². The summed E-state index contributed by atoms with van der Waals surface area (Å²) in [6.07, 6.45) is 17.9. The number of hydrogen-bond acceptors (Lipinski definition) is 0. The van der Waals surface area contributed by atoms with Gasteiger partial charge in [0.25, 0.3) is 0 Å². The molecule has 0 amide bonds. The van der Waals surface area contributed by atoms with Gasteiger partial charge in [-0.2, -0.15) is 0 Å². The average molecular weight is 262 g/mol. The van der Waals surface area contributed by atoms with Gasteiger partial charge in [0, 0.05) is 0 Å². The summed E-state index contributed by atoms with van der Waals surface area (Å²) < 4.78 is 0. The van der Waals surface area contributed by atoms with E-state index in [0.717, 1.165) is 0 Å². The summed E-state index contributed by atoms with van der Waals surface area (Å²) in [5, 5.41) is 0. The third-order valence-corrected chi connectivity index (χ3v) is 4.27. The second-order valence-corrected chi connectivity index (χ2v) is 5.70. The van der Waals surface area contributed by atoms with E-state index in [4.69, 9.17) is 0 Å². The highest BCUT2D eigenvalue weighted by Crippen LogP contribution is 2.32. The summed E-state index contributed by atoms with van der Waals surface area (Å²) in [6.45, 7) is 2.17. The molecule has 0 saturated heterocycles. The van der Waals surface area contributed by atoms with E-state index in [9.17, 15) is 0 Å². The van der Waals surface area contributed by atoms with Crippen LogP contribution in [0.3, 0.4) is 0 Å². The second kappa shape index (κ2) is 6.09. The van der Waals surface area contributed by atoms with Gasteiger partial charge in [-0.25, -0.2) is 0 Å². The minimum absolute atomic E-state index is 1.20. The number of rotatable bonds is 2. The molecule has 0 nitrogen and oxygen atoms in total. The third-order valence-electron chi connectivity index (χ3n) is 4.27. The summed E-state index contributed by atoms with van der Waals surface area (Å²) in [7, 11) is 0. The first-order valence-corrected chi connectivity index (χ1v) is 7.67. The molecule has 1 aromatic rings. The Labute approximate surface area is 122 Å². The van der Waals surface area contributed by atoms with Gasteiger partial charge in [-0.3, -0.25) is 0 Å². The van der Waals surface area contributed by atoms with Gasteiger partial charge in [-0.05, 0) is 61.3 Å². The van der Waals surface area contributed by atoms with Gasteiger partial charge >= 0.3 is 0 Å². The van der Waals surface area contributed by atoms with E-state index < -0.39 is 0 Å². The molecule has 0 spiro atoms. The fourth-order valence-corrected chi connectivity index (χ4v) is 3.07. The fraction of sp³-hybridized carbons (Fsp3) is 0.300. The Kier molecular flexibility index (Phi) is 4.01. The minimum Gasteiger partial charge on any atom is -0.0836 e. The number of benzene rings is 1. The number of aryl methyl sites for hydroxylation is 1. The zero-order valence-electron chi connectivity index (χ0n) is 12.2. The molecule has 2 aliphatic rings. The molecule has 0 saturated carbocycles. The Bertz CT molecular complexity index is 609. The molecule has 0 aliphatic heterocycles. The molecule has 2 aliphatic carbocycles. The summed E-state index contributed by atoms with van der Waals surface area (Å²) in [4.78, 5) is 0. The van der Waals surface area contributed by atoms with E-state index in [1.165, 1.54) is 54.4 Å². The lowest BCUT2D eigenvalue weighted by Gasteiger charge is -2.14. The quantitative estimate of drug-likeness (QED) is 0.635. The van der Waals surface area contributed by atoms with Crippen molar-refractivity contribution in [3.63, 3.8) is 0 Å². The van der Waals surface area contributed by atoms with Crippen LogP contribution in [-0.4, -0.2) is 0 Å². The molecule has 102 valence electrons. The van der Waals surface area contributed by atoms with Crippen molar-refractivity contribution in [3.05, 3.63) is 76.4 Å². The van der Waals surface area contributed by atoms with Crippen LogP contribution in [0.2, 0.25) is 0 Å². The normalized spacial score (nSPS) is 18.9. The Morgan fingerprint density at radius 3 is 2.80 bits per heavy atom. The molecule has 0 heteroatoms. The largest absolute Gasteiger partial charge is 0.0836 e. The number of allylic oxidation sites excluding steroid dienone is 7. The lowest BCUT2D eigenvalue weighted by Crippen LogP contribution is -1.95. The van der Waals surface area contributed by atoms with E-state index in [1.807, 2.05) is 0 Å². The maximum Gasteiger partial charge on any atom is -0.0198 e. The smallest absolute Gasteiger partial charge is 0.0198 e. The van der Waals surface area contributed by atoms with Crippen LogP contribution in [0.15, 0.2) is 65.3 Å². The van der Waals surface area contributed by atoms with Gasteiger partial charge in [-0.15, -0.1) is 0 Å². The Balaban J connectivity index is 1.91. The molecule has 0 aromatic heterocycles. The molecular weight excluding hydrogens is 240 g/mol. The Morgan fingerprint density at radius 2 is 1.90 bits per heavy atom. The van der Waals surface area contributed by atoms with Gasteiger partial charge in [0.2, 0.25) is 0 Å². The molecule has 0 unspecified atom stereocenters. The highest BCUT2D eigenvalue weighted by Gasteiger charge is 2.13. The molecule has 0 radical (unpaired) electrons. The van der Waals surface area contributed by atoms with E-state index in [2.05, 4.69) is 61.6 Å². The Morgan fingerprint density at radius 1 is 1.00 bits per heavy atom. The van der Waals surface area contributed by atoms with Crippen LogP contribution < -0.4 is 0 Å². The first kappa shape index (κ1) is 13.2. The predicted molar refractivity (Wildman–Crippen MR) is 87.5 cm³/mol. The second-order valence-electron chi connectivity index (χ2n) is 5.70. The predicted octanol–water partition coefficient (Wildman–Crippen LogP) is 5.77. The summed E-state index contributed by atoms with van der Waals surface area (Å²) in [5.74, 6) is 0. The van der Waals surface area contributed by atoms with Crippen LogP contribution in [0.25, 0.3) is 6.08 Å². The zero-order valence-corrected chi connectivity index (χ0v) is 12.2. The van der Waals surface area contributed by atoms with E-state index >= 15 is 0 Å². The van der Waals surface area contributed by atoms with Gasteiger partial charge in [0.1, 0.15) is 0 Å². The highest BCUT2D eigenvalue weighted by atomic mass is 14.2. The van der Waals surface area contributed by atoms with Crippen LogP contribution in [0, 0.1) is 6.92 Å². The first-order chi connectivity index (χ1) is 9.84. The van der Waals surface area contributed by atoms with Crippen LogP contribution in [0.4, 0.5) is 0 Å². The van der Waals surface area contributed by atoms with Gasteiger partial charge in [0.15, 0.2) is 0 Å². The van der Waals surface area contributed by atoms with Gasteiger partial charge < -0.3 is 0 Å². The third kappa shape index (κ3) is 2.85. The van der Waals surface area contributed by atoms with Crippen LogP contribution >= 0.6 is 0 Å². The van der Waals surface area contributed by atoms with E-state index in [1.54, 1.807) is 5.57 Å². The van der Waals surface area contributed by atoms with Gasteiger partial charge in [-0.1, -0.05) is 60.2 Å². The maximum atomic E-state index is 2.41. The van der Waals surface area contributed by atoms with Crippen molar-refractivity contribution >= 4 is 6.08 Å². The van der Waals surface area contributed by atoms with Gasteiger partial charge in [0.05, 0.1) is 0 Å². The minimum atomic E-state index is 1.20. The van der Waals surface area contributed by atoms with E-state index in [0.29, 0.717) is 0 Å².